The topological polar surface area (TPSA) is 38.5 Å². The number of rotatable bonds is 2. The van der Waals surface area contributed by atoms with Crippen molar-refractivity contribution in [1.82, 2.24) is 4.90 Å². The lowest BCUT2D eigenvalue weighted by atomic mass is 10.2. The van der Waals surface area contributed by atoms with Crippen LogP contribution in [0.1, 0.15) is 6.42 Å². The summed E-state index contributed by atoms with van der Waals surface area (Å²) >= 11 is 0. The Morgan fingerprint density at radius 1 is 1.70 bits per heavy atom. The molecule has 0 amide bonds. The van der Waals surface area contributed by atoms with Gasteiger partial charge in [-0.05, 0) is 20.0 Å². The van der Waals surface area contributed by atoms with Gasteiger partial charge in [0, 0.05) is 12.6 Å². The van der Waals surface area contributed by atoms with Gasteiger partial charge in [0.15, 0.2) is 0 Å². The zero-order chi connectivity index (χ0) is 7.40. The van der Waals surface area contributed by atoms with Gasteiger partial charge in [-0.2, -0.15) is 0 Å². The van der Waals surface area contributed by atoms with E-state index in [1.165, 1.54) is 0 Å². The number of ether oxygens (including phenoxy) is 1. The molecule has 1 aliphatic rings. The minimum atomic E-state index is 0.554. The molecule has 1 fully saturated rings. The molecule has 3 nitrogen and oxygen atoms in total. The van der Waals surface area contributed by atoms with Gasteiger partial charge in [-0.25, -0.2) is 0 Å². The van der Waals surface area contributed by atoms with Crippen LogP contribution in [0.25, 0.3) is 0 Å². The molecule has 1 aliphatic heterocycles. The molecule has 10 heavy (non-hydrogen) atoms. The smallest absolute Gasteiger partial charge is 0.0622 e. The molecule has 1 atom stereocenters. The SMILES string of the molecule is CN1CCOCC1CCN. The van der Waals surface area contributed by atoms with Crippen LogP contribution in [0.3, 0.4) is 0 Å². The van der Waals surface area contributed by atoms with Crippen LogP contribution in [-0.2, 0) is 4.74 Å². The third-order valence-corrected chi connectivity index (χ3v) is 2.02. The number of hydrogen-bond acceptors (Lipinski definition) is 3. The molecule has 0 spiro atoms. The molecule has 0 bridgehead atoms. The Labute approximate surface area is 62.1 Å². The van der Waals surface area contributed by atoms with Crippen LogP contribution in [0.5, 0.6) is 0 Å². The average molecular weight is 144 g/mol. The lowest BCUT2D eigenvalue weighted by Gasteiger charge is -2.31. The van der Waals surface area contributed by atoms with E-state index in [9.17, 15) is 0 Å². The monoisotopic (exact) mass is 144 g/mol. The number of nitrogens with two attached hydrogens (primary N) is 1. The van der Waals surface area contributed by atoms with E-state index >= 15 is 0 Å². The van der Waals surface area contributed by atoms with Crippen molar-refractivity contribution in [1.29, 1.82) is 0 Å². The maximum atomic E-state index is 5.44. The van der Waals surface area contributed by atoms with Crippen LogP contribution >= 0.6 is 0 Å². The molecule has 0 radical (unpaired) electrons. The maximum Gasteiger partial charge on any atom is 0.0622 e. The number of morpholine rings is 1. The fourth-order valence-electron chi connectivity index (χ4n) is 1.23. The summed E-state index contributed by atoms with van der Waals surface area (Å²) < 4.78 is 5.31. The van der Waals surface area contributed by atoms with E-state index in [2.05, 4.69) is 11.9 Å². The van der Waals surface area contributed by atoms with E-state index in [0.717, 1.165) is 32.7 Å². The predicted molar refractivity (Wildman–Crippen MR) is 40.9 cm³/mol. The van der Waals surface area contributed by atoms with Gasteiger partial charge in [-0.1, -0.05) is 0 Å². The zero-order valence-electron chi connectivity index (χ0n) is 6.55. The summed E-state index contributed by atoms with van der Waals surface area (Å²) in [4.78, 5) is 2.32. The second-order valence-electron chi connectivity index (χ2n) is 2.79. The van der Waals surface area contributed by atoms with Crippen molar-refractivity contribution in [2.45, 2.75) is 12.5 Å². The minimum Gasteiger partial charge on any atom is -0.378 e. The Kier molecular flexibility index (Phi) is 3.12. The highest BCUT2D eigenvalue weighted by Gasteiger charge is 2.17. The molecular formula is C7H16N2O. The summed E-state index contributed by atoms with van der Waals surface area (Å²) in [6.45, 7) is 3.54. The molecule has 1 heterocycles. The average Bonchev–Trinajstić information content (AvgIpc) is 1.94. The first-order chi connectivity index (χ1) is 4.84. The van der Waals surface area contributed by atoms with Crippen molar-refractivity contribution in [3.63, 3.8) is 0 Å². The molecule has 0 aliphatic carbocycles. The van der Waals surface area contributed by atoms with Crippen LogP contribution in [0.2, 0.25) is 0 Å². The summed E-state index contributed by atoms with van der Waals surface area (Å²) in [5.74, 6) is 0. The lowest BCUT2D eigenvalue weighted by molar-refractivity contribution is 0.00390. The first-order valence-electron chi connectivity index (χ1n) is 3.82. The van der Waals surface area contributed by atoms with Gasteiger partial charge >= 0.3 is 0 Å². The van der Waals surface area contributed by atoms with Crippen molar-refractivity contribution < 1.29 is 4.74 Å². The Hall–Kier alpha value is -0.120. The maximum absolute atomic E-state index is 5.44. The van der Waals surface area contributed by atoms with Gasteiger partial charge in [0.05, 0.1) is 13.2 Å². The molecule has 0 aromatic heterocycles. The van der Waals surface area contributed by atoms with Gasteiger partial charge in [0.25, 0.3) is 0 Å². The standard InChI is InChI=1S/C7H16N2O/c1-9-4-5-10-6-7(9)2-3-8/h7H,2-6,8H2,1H3. The fourth-order valence-corrected chi connectivity index (χ4v) is 1.23. The normalized spacial score (nSPS) is 28.8. The van der Waals surface area contributed by atoms with Crippen molar-refractivity contribution >= 4 is 0 Å². The molecule has 1 rings (SSSR count). The predicted octanol–water partition coefficient (Wildman–Crippen LogP) is -0.334. The van der Waals surface area contributed by atoms with Gasteiger partial charge in [-0.3, -0.25) is 4.90 Å². The van der Waals surface area contributed by atoms with Crippen molar-refractivity contribution in [3.8, 4) is 0 Å². The summed E-state index contributed by atoms with van der Waals surface area (Å²) in [5.41, 5.74) is 5.44. The van der Waals surface area contributed by atoms with Crippen LogP contribution in [-0.4, -0.2) is 44.3 Å². The largest absolute Gasteiger partial charge is 0.378 e. The summed E-state index contributed by atoms with van der Waals surface area (Å²) in [5, 5.41) is 0. The van der Waals surface area contributed by atoms with Gasteiger partial charge in [-0.15, -0.1) is 0 Å². The second-order valence-corrected chi connectivity index (χ2v) is 2.79. The van der Waals surface area contributed by atoms with Gasteiger partial charge in [0.1, 0.15) is 0 Å². The highest BCUT2D eigenvalue weighted by molar-refractivity contribution is 4.71. The lowest BCUT2D eigenvalue weighted by Crippen LogP contribution is -2.43. The number of likely N-dealkylation sites (N-methyl/N-ethyl adjacent to an activating group) is 1. The Balaban J connectivity index is 2.25. The van der Waals surface area contributed by atoms with E-state index < -0.39 is 0 Å². The molecular weight excluding hydrogens is 128 g/mol. The van der Waals surface area contributed by atoms with E-state index in [4.69, 9.17) is 10.5 Å². The van der Waals surface area contributed by atoms with E-state index in [-0.39, 0.29) is 0 Å². The van der Waals surface area contributed by atoms with Gasteiger partial charge in [0.2, 0.25) is 0 Å². The number of hydrogen-bond donors (Lipinski definition) is 1. The van der Waals surface area contributed by atoms with Crippen molar-refractivity contribution in [3.05, 3.63) is 0 Å². The third-order valence-electron chi connectivity index (χ3n) is 2.02. The summed E-state index contributed by atoms with van der Waals surface area (Å²) in [7, 11) is 2.13. The minimum absolute atomic E-state index is 0.554. The first-order valence-corrected chi connectivity index (χ1v) is 3.82. The summed E-state index contributed by atoms with van der Waals surface area (Å²) in [6, 6.07) is 0.554. The highest BCUT2D eigenvalue weighted by atomic mass is 16.5. The van der Waals surface area contributed by atoms with Crippen LogP contribution < -0.4 is 5.73 Å². The fraction of sp³-hybridized carbons (Fsp3) is 1.00. The van der Waals surface area contributed by atoms with E-state index in [1.54, 1.807) is 0 Å². The Bertz CT molecular complexity index is 95.6. The molecule has 60 valence electrons. The molecule has 2 N–H and O–H groups in total. The molecule has 1 saturated heterocycles. The third kappa shape index (κ3) is 1.94. The second kappa shape index (κ2) is 3.91. The van der Waals surface area contributed by atoms with E-state index in [1.807, 2.05) is 0 Å². The first kappa shape index (κ1) is 7.98. The zero-order valence-corrected chi connectivity index (χ0v) is 6.55. The van der Waals surface area contributed by atoms with Crippen molar-refractivity contribution in [2.75, 3.05) is 33.4 Å². The quantitative estimate of drug-likeness (QED) is 0.576. The molecule has 3 heteroatoms. The molecule has 0 saturated carbocycles. The van der Waals surface area contributed by atoms with Gasteiger partial charge < -0.3 is 10.5 Å². The summed E-state index contributed by atoms with van der Waals surface area (Å²) in [6.07, 6.45) is 1.05. The van der Waals surface area contributed by atoms with Crippen LogP contribution in [0.4, 0.5) is 0 Å². The highest BCUT2D eigenvalue weighted by Crippen LogP contribution is 2.05. The molecule has 1 unspecified atom stereocenters. The Morgan fingerprint density at radius 2 is 2.50 bits per heavy atom. The van der Waals surface area contributed by atoms with Crippen molar-refractivity contribution in [2.24, 2.45) is 5.73 Å². The molecule has 0 aromatic carbocycles. The van der Waals surface area contributed by atoms with Crippen LogP contribution in [0.15, 0.2) is 0 Å². The Morgan fingerprint density at radius 3 is 3.10 bits per heavy atom. The number of nitrogens with zero attached hydrogens (tertiary/aromatic N) is 1. The molecule has 0 aromatic rings. The van der Waals surface area contributed by atoms with E-state index in [0.29, 0.717) is 6.04 Å². The van der Waals surface area contributed by atoms with Crippen LogP contribution in [0, 0.1) is 0 Å².